The normalized spacial score (nSPS) is 24.4. The lowest BCUT2D eigenvalue weighted by atomic mass is 10.3. The van der Waals surface area contributed by atoms with Crippen molar-refractivity contribution >= 4 is 20.7 Å². The van der Waals surface area contributed by atoms with E-state index in [4.69, 9.17) is 4.74 Å². The van der Waals surface area contributed by atoms with Crippen molar-refractivity contribution < 1.29 is 14.3 Å². The van der Waals surface area contributed by atoms with E-state index >= 15 is 0 Å². The average molecular weight is 160 g/mol. The molecular weight excluding hydrogens is 151 g/mol. The number of ether oxygens (including phenoxy) is 2. The van der Waals surface area contributed by atoms with Gasteiger partial charge in [0.15, 0.2) is 0 Å². The van der Waals surface area contributed by atoms with Crippen molar-refractivity contribution in [1.29, 1.82) is 0 Å². The minimum absolute atomic E-state index is 0.0262. The van der Waals surface area contributed by atoms with Gasteiger partial charge in [-0.05, 0) is 12.6 Å². The highest BCUT2D eigenvalue weighted by atomic mass is 31.1. The largest absolute Gasteiger partial charge is 0.508 e. The van der Waals surface area contributed by atoms with Crippen molar-refractivity contribution in [3.05, 3.63) is 0 Å². The Labute approximate surface area is 61.1 Å². The van der Waals surface area contributed by atoms with Gasteiger partial charge in [-0.2, -0.15) is 0 Å². The van der Waals surface area contributed by atoms with E-state index in [1.165, 1.54) is 0 Å². The van der Waals surface area contributed by atoms with Gasteiger partial charge in [-0.3, -0.25) is 0 Å². The summed E-state index contributed by atoms with van der Waals surface area (Å²) in [6, 6.07) is 0. The summed E-state index contributed by atoms with van der Waals surface area (Å²) in [4.78, 5) is 10.4. The Balaban J connectivity index is 2.18. The summed E-state index contributed by atoms with van der Waals surface area (Å²) in [6.07, 6.45) is 4.91. The number of hydrogen-bond donors (Lipinski definition) is 0. The van der Waals surface area contributed by atoms with Crippen LogP contribution in [0, 0.1) is 0 Å². The highest BCUT2D eigenvalue weighted by Crippen LogP contribution is 2.11. The van der Waals surface area contributed by atoms with Gasteiger partial charge in [0.1, 0.15) is 12.7 Å². The molecule has 4 heteroatoms. The van der Waals surface area contributed by atoms with Gasteiger partial charge in [-0.1, -0.05) is 6.30 Å². The quantitative estimate of drug-likeness (QED) is 0.461. The van der Waals surface area contributed by atoms with Crippen molar-refractivity contribution in [2.24, 2.45) is 0 Å². The average Bonchev–Trinajstić information content (AvgIpc) is 2.31. The third-order valence-electron chi connectivity index (χ3n) is 1.26. The minimum atomic E-state index is -0.536. The molecule has 1 saturated heterocycles. The summed E-state index contributed by atoms with van der Waals surface area (Å²) >= 11 is 0. The van der Waals surface area contributed by atoms with Crippen LogP contribution in [0.2, 0.25) is 0 Å². The first kappa shape index (κ1) is 7.55. The first-order chi connectivity index (χ1) is 4.83. The first-order valence-corrected chi connectivity index (χ1v) is 4.35. The molecule has 0 aromatic rings. The molecule has 1 atom stereocenters. The number of carbonyl (C=O) groups is 1. The van der Waals surface area contributed by atoms with Crippen LogP contribution < -0.4 is 0 Å². The maximum Gasteiger partial charge on any atom is 0.508 e. The molecule has 1 aliphatic heterocycles. The van der Waals surface area contributed by atoms with Gasteiger partial charge < -0.3 is 9.47 Å². The Morgan fingerprint density at radius 1 is 1.80 bits per heavy atom. The maximum atomic E-state index is 10.4. The molecule has 3 nitrogen and oxygen atoms in total. The summed E-state index contributed by atoms with van der Waals surface area (Å²) in [7, 11) is 1.09. The third-order valence-corrected chi connectivity index (χ3v) is 1.83. The maximum absolute atomic E-state index is 10.4. The van der Waals surface area contributed by atoms with Crippen molar-refractivity contribution in [3.63, 3.8) is 0 Å². The van der Waals surface area contributed by atoms with Crippen LogP contribution in [-0.4, -0.2) is 31.3 Å². The van der Waals surface area contributed by atoms with Gasteiger partial charge in [0.05, 0.1) is 0 Å². The zero-order valence-electron chi connectivity index (χ0n) is 5.58. The van der Waals surface area contributed by atoms with Crippen molar-refractivity contribution in [1.82, 2.24) is 0 Å². The van der Waals surface area contributed by atoms with E-state index in [0.717, 1.165) is 20.8 Å². The van der Waals surface area contributed by atoms with Crippen LogP contribution in [0.15, 0.2) is 0 Å². The van der Waals surface area contributed by atoms with Crippen LogP contribution in [0.5, 0.6) is 0 Å². The second-order valence-electron chi connectivity index (χ2n) is 2.04. The van der Waals surface area contributed by atoms with Crippen LogP contribution in [0.1, 0.15) is 6.42 Å². The summed E-state index contributed by atoms with van der Waals surface area (Å²) in [5.74, 6) is 0. The SMILES string of the molecule is C=PCCC1COC(=O)O1. The number of carbonyl (C=O) groups excluding carboxylic acids is 1. The van der Waals surface area contributed by atoms with Gasteiger partial charge >= 0.3 is 6.16 Å². The Morgan fingerprint density at radius 2 is 2.60 bits per heavy atom. The smallest absolute Gasteiger partial charge is 0.430 e. The van der Waals surface area contributed by atoms with Gasteiger partial charge in [0.2, 0.25) is 0 Å². The second kappa shape index (κ2) is 3.57. The van der Waals surface area contributed by atoms with E-state index in [1.807, 2.05) is 0 Å². The predicted molar refractivity (Wildman–Crippen MR) is 39.7 cm³/mol. The molecule has 0 N–H and O–H groups in total. The van der Waals surface area contributed by atoms with Crippen molar-refractivity contribution in [2.45, 2.75) is 12.5 Å². The van der Waals surface area contributed by atoms with Crippen molar-refractivity contribution in [2.75, 3.05) is 12.8 Å². The number of hydrogen-bond acceptors (Lipinski definition) is 3. The fourth-order valence-corrected chi connectivity index (χ4v) is 1.21. The summed E-state index contributed by atoms with van der Waals surface area (Å²) in [5.41, 5.74) is 0. The molecule has 0 saturated carbocycles. The van der Waals surface area contributed by atoms with Crippen molar-refractivity contribution in [3.8, 4) is 0 Å². The monoisotopic (exact) mass is 160 g/mol. The van der Waals surface area contributed by atoms with Crippen LogP contribution in [0.25, 0.3) is 0 Å². The predicted octanol–water partition coefficient (Wildman–Crippen LogP) is 1.29. The van der Waals surface area contributed by atoms with Gasteiger partial charge in [-0.25, -0.2) is 4.79 Å². The molecule has 10 heavy (non-hydrogen) atoms. The molecule has 0 amide bonds. The molecule has 0 aliphatic carbocycles. The van der Waals surface area contributed by atoms with Crippen LogP contribution in [0.3, 0.4) is 0 Å². The van der Waals surface area contributed by atoms with E-state index in [0.29, 0.717) is 6.61 Å². The fourth-order valence-electron chi connectivity index (χ4n) is 0.743. The molecule has 1 rings (SSSR count). The molecular formula is C6H9O3P. The zero-order chi connectivity index (χ0) is 7.40. The van der Waals surface area contributed by atoms with Gasteiger partial charge in [-0.15, -0.1) is 8.20 Å². The molecule has 0 bridgehead atoms. The Kier molecular flexibility index (Phi) is 2.69. The van der Waals surface area contributed by atoms with Crippen LogP contribution >= 0.6 is 8.20 Å². The Hall–Kier alpha value is -0.560. The Bertz CT molecular complexity index is 146. The lowest BCUT2D eigenvalue weighted by Gasteiger charge is -2.00. The number of rotatable bonds is 3. The minimum Gasteiger partial charge on any atom is -0.430 e. The second-order valence-corrected chi connectivity index (χ2v) is 2.93. The van der Waals surface area contributed by atoms with Crippen LogP contribution in [0.4, 0.5) is 4.79 Å². The van der Waals surface area contributed by atoms with Crippen LogP contribution in [-0.2, 0) is 9.47 Å². The fraction of sp³-hybridized carbons (Fsp3) is 0.667. The van der Waals surface area contributed by atoms with E-state index in [2.05, 4.69) is 11.0 Å². The third kappa shape index (κ3) is 1.99. The highest BCUT2D eigenvalue weighted by Gasteiger charge is 2.23. The lowest BCUT2D eigenvalue weighted by molar-refractivity contribution is 0.117. The standard InChI is InChI=1S/C6H9O3P/c1-10-3-2-5-4-8-6(7)9-5/h5H,1-4H2. The molecule has 1 fully saturated rings. The molecule has 0 aromatic carbocycles. The molecule has 0 radical (unpaired) electrons. The first-order valence-electron chi connectivity index (χ1n) is 3.09. The van der Waals surface area contributed by atoms with E-state index in [1.54, 1.807) is 0 Å². The Morgan fingerprint density at radius 3 is 3.10 bits per heavy atom. The van der Waals surface area contributed by atoms with Gasteiger partial charge in [0, 0.05) is 0 Å². The zero-order valence-corrected chi connectivity index (χ0v) is 6.47. The molecule has 56 valence electrons. The topological polar surface area (TPSA) is 35.5 Å². The molecule has 1 heterocycles. The molecule has 0 spiro atoms. The van der Waals surface area contributed by atoms with E-state index in [9.17, 15) is 4.79 Å². The lowest BCUT2D eigenvalue weighted by Crippen LogP contribution is -2.09. The molecule has 1 unspecified atom stereocenters. The summed E-state index contributed by atoms with van der Waals surface area (Å²) in [5, 5.41) is 0. The molecule has 1 aliphatic rings. The summed E-state index contributed by atoms with van der Waals surface area (Å²) in [6.45, 7) is 0.411. The summed E-state index contributed by atoms with van der Waals surface area (Å²) < 4.78 is 9.35. The van der Waals surface area contributed by atoms with E-state index < -0.39 is 6.16 Å². The van der Waals surface area contributed by atoms with Gasteiger partial charge in [0.25, 0.3) is 0 Å². The van der Waals surface area contributed by atoms with E-state index in [-0.39, 0.29) is 6.10 Å². The highest BCUT2D eigenvalue weighted by molar-refractivity contribution is 7.36. The molecule has 0 aromatic heterocycles. The number of cyclic esters (lactones) is 2.